The number of hydrogen-bond donors (Lipinski definition) is 2. The molecule has 2 fully saturated rings. The molecule has 2 aliphatic heterocycles. The smallest absolute Gasteiger partial charge is 0.478 e. The molecular formula is C44H43ClF3N5O3. The summed E-state index contributed by atoms with van der Waals surface area (Å²) in [4.78, 5) is 26.0. The van der Waals surface area contributed by atoms with Crippen LogP contribution in [0.1, 0.15) is 73.2 Å². The van der Waals surface area contributed by atoms with Gasteiger partial charge in [-0.3, -0.25) is 0 Å². The van der Waals surface area contributed by atoms with Gasteiger partial charge in [0.05, 0.1) is 22.5 Å². The van der Waals surface area contributed by atoms with E-state index in [1.165, 1.54) is 43.4 Å². The van der Waals surface area contributed by atoms with E-state index < -0.39 is 12.3 Å². The standard InChI is InChI=1S/C44H43ClF3N5O3/c45-30-12-9-27(10-13-30)32-16-14-31(56-44(46,47)48)26-35(32)42-49-36-18-17-34-40-38(28-7-3-1-4-8-28)33-15-11-29(43(54)55)25-37(33)53(40)24-23-52(41(34)39(36)50-42)22-21-51-19-5-2-6-20-51/h9-18,25-26,28H,1-8,19-24H2,(H,49,50)(H,54,55). The van der Waals surface area contributed by atoms with Gasteiger partial charge < -0.3 is 29.2 Å². The van der Waals surface area contributed by atoms with E-state index in [1.807, 2.05) is 30.3 Å². The minimum atomic E-state index is -4.86. The maximum Gasteiger partial charge on any atom is 0.573 e. The number of alkyl halides is 3. The Labute approximate surface area is 327 Å². The Kier molecular flexibility index (Phi) is 9.69. The van der Waals surface area contributed by atoms with Gasteiger partial charge >= 0.3 is 12.3 Å². The molecule has 1 aliphatic carbocycles. The van der Waals surface area contributed by atoms with Gasteiger partial charge in [0.15, 0.2) is 0 Å². The number of aromatic amines is 1. The Balaban J connectivity index is 1.26. The molecule has 9 rings (SSSR count). The Morgan fingerprint density at radius 2 is 1.59 bits per heavy atom. The van der Waals surface area contributed by atoms with Crippen molar-refractivity contribution < 1.29 is 27.8 Å². The number of rotatable bonds is 8. The van der Waals surface area contributed by atoms with Crippen molar-refractivity contribution in [3.63, 3.8) is 0 Å². The lowest BCUT2D eigenvalue weighted by Gasteiger charge is -2.31. The number of piperidine rings is 1. The largest absolute Gasteiger partial charge is 0.573 e. The molecule has 3 aliphatic rings. The highest BCUT2D eigenvalue weighted by Crippen LogP contribution is 2.49. The second-order valence-electron chi connectivity index (χ2n) is 15.4. The third kappa shape index (κ3) is 7.00. The zero-order valence-electron chi connectivity index (χ0n) is 31.0. The summed E-state index contributed by atoms with van der Waals surface area (Å²) in [5, 5.41) is 11.7. The molecular weight excluding hydrogens is 739 g/mol. The predicted octanol–water partition coefficient (Wildman–Crippen LogP) is 11.1. The molecule has 8 nitrogen and oxygen atoms in total. The normalized spacial score (nSPS) is 16.9. The van der Waals surface area contributed by atoms with E-state index in [9.17, 15) is 23.1 Å². The van der Waals surface area contributed by atoms with Gasteiger partial charge in [-0.25, -0.2) is 9.78 Å². The van der Waals surface area contributed by atoms with E-state index >= 15 is 0 Å². The van der Waals surface area contributed by atoms with Crippen LogP contribution in [0.25, 0.3) is 55.7 Å². The fourth-order valence-electron chi connectivity index (χ4n) is 9.34. The fourth-order valence-corrected chi connectivity index (χ4v) is 9.46. The summed E-state index contributed by atoms with van der Waals surface area (Å²) in [7, 11) is 0. The molecule has 4 aromatic carbocycles. The number of benzene rings is 4. The molecule has 0 atom stereocenters. The number of imidazole rings is 1. The first-order valence-corrected chi connectivity index (χ1v) is 20.0. The van der Waals surface area contributed by atoms with Crippen LogP contribution in [0.2, 0.25) is 5.02 Å². The van der Waals surface area contributed by atoms with Crippen molar-refractivity contribution in [1.29, 1.82) is 0 Å². The van der Waals surface area contributed by atoms with Crippen molar-refractivity contribution in [3.8, 4) is 39.5 Å². The van der Waals surface area contributed by atoms with E-state index in [-0.39, 0.29) is 11.3 Å². The molecule has 2 N–H and O–H groups in total. The summed E-state index contributed by atoms with van der Waals surface area (Å²) in [5.41, 5.74) is 9.01. The number of aromatic nitrogens is 3. The number of anilines is 1. The zero-order chi connectivity index (χ0) is 38.6. The van der Waals surface area contributed by atoms with E-state index in [4.69, 9.17) is 16.6 Å². The fraction of sp³-hybridized carbons (Fsp3) is 0.364. The van der Waals surface area contributed by atoms with Crippen molar-refractivity contribution in [2.45, 2.75) is 70.2 Å². The number of aromatic carboxylic acids is 1. The molecule has 56 heavy (non-hydrogen) atoms. The Morgan fingerprint density at radius 1 is 0.839 bits per heavy atom. The topological polar surface area (TPSA) is 86.6 Å². The molecule has 12 heteroatoms. The second kappa shape index (κ2) is 14.8. The molecule has 0 unspecified atom stereocenters. The summed E-state index contributed by atoms with van der Waals surface area (Å²) < 4.78 is 47.3. The average Bonchev–Trinajstić information content (AvgIpc) is 3.73. The van der Waals surface area contributed by atoms with Gasteiger partial charge in [-0.15, -0.1) is 13.2 Å². The van der Waals surface area contributed by atoms with E-state index in [1.54, 1.807) is 24.3 Å². The van der Waals surface area contributed by atoms with Crippen LogP contribution in [-0.2, 0) is 6.54 Å². The molecule has 4 heterocycles. The molecule has 2 aromatic heterocycles. The quantitative estimate of drug-likeness (QED) is 0.160. The molecule has 6 aromatic rings. The van der Waals surface area contributed by atoms with Crippen molar-refractivity contribution in [2.75, 3.05) is 37.6 Å². The van der Waals surface area contributed by atoms with Gasteiger partial charge in [-0.1, -0.05) is 55.5 Å². The first-order valence-electron chi connectivity index (χ1n) is 19.7. The van der Waals surface area contributed by atoms with E-state index in [0.717, 1.165) is 96.3 Å². The number of carbonyl (C=O) groups is 1. The Bertz CT molecular complexity index is 2430. The third-order valence-corrected chi connectivity index (χ3v) is 12.2. The van der Waals surface area contributed by atoms with Crippen LogP contribution < -0.4 is 9.64 Å². The lowest BCUT2D eigenvalue weighted by Crippen LogP contribution is -2.38. The number of likely N-dealkylation sites (tertiary alicyclic amines) is 1. The van der Waals surface area contributed by atoms with E-state index in [2.05, 4.69) is 30.2 Å². The first kappa shape index (κ1) is 36.6. The minimum absolute atomic E-state index is 0.264. The maximum atomic E-state index is 13.5. The summed E-state index contributed by atoms with van der Waals surface area (Å²) in [6.45, 7) is 5.11. The highest BCUT2D eigenvalue weighted by atomic mass is 35.5. The monoisotopic (exact) mass is 781 g/mol. The number of nitrogens with zero attached hydrogens (tertiary/aromatic N) is 4. The molecule has 0 radical (unpaired) electrons. The van der Waals surface area contributed by atoms with Gasteiger partial charge in [-0.05, 0) is 116 Å². The Hall–Kier alpha value is -5.00. The predicted molar refractivity (Wildman–Crippen MR) is 215 cm³/mol. The molecule has 1 saturated carbocycles. The number of carboxylic acid groups (broad SMARTS) is 1. The van der Waals surface area contributed by atoms with Crippen molar-refractivity contribution >= 4 is 45.2 Å². The lowest BCUT2D eigenvalue weighted by atomic mass is 9.81. The van der Waals surface area contributed by atoms with Gasteiger partial charge in [0.25, 0.3) is 0 Å². The van der Waals surface area contributed by atoms with Crippen LogP contribution in [0.5, 0.6) is 5.75 Å². The number of carboxylic acids is 1. The summed E-state index contributed by atoms with van der Waals surface area (Å²) in [6.07, 6.45) is 4.39. The van der Waals surface area contributed by atoms with Gasteiger partial charge in [0.1, 0.15) is 17.1 Å². The van der Waals surface area contributed by atoms with Crippen LogP contribution in [0.3, 0.4) is 0 Å². The van der Waals surface area contributed by atoms with Gasteiger partial charge in [-0.2, -0.15) is 0 Å². The van der Waals surface area contributed by atoms with E-state index in [0.29, 0.717) is 41.0 Å². The van der Waals surface area contributed by atoms with Crippen molar-refractivity contribution in [3.05, 3.63) is 88.9 Å². The molecule has 0 spiro atoms. The summed E-state index contributed by atoms with van der Waals surface area (Å²) in [5.74, 6) is -0.540. The van der Waals surface area contributed by atoms with Gasteiger partial charge in [0, 0.05) is 53.2 Å². The van der Waals surface area contributed by atoms with Crippen LogP contribution >= 0.6 is 11.6 Å². The minimum Gasteiger partial charge on any atom is -0.478 e. The molecule has 0 amide bonds. The molecule has 1 saturated heterocycles. The highest BCUT2D eigenvalue weighted by molar-refractivity contribution is 6.30. The van der Waals surface area contributed by atoms with Crippen LogP contribution in [-0.4, -0.2) is 69.6 Å². The lowest BCUT2D eigenvalue weighted by molar-refractivity contribution is -0.274. The van der Waals surface area contributed by atoms with Crippen molar-refractivity contribution in [2.24, 2.45) is 0 Å². The number of ether oxygens (including phenoxy) is 1. The number of H-pyrrole nitrogens is 1. The zero-order valence-corrected chi connectivity index (χ0v) is 31.7. The maximum absolute atomic E-state index is 13.5. The van der Waals surface area contributed by atoms with Gasteiger partial charge in [0.2, 0.25) is 0 Å². The first-order chi connectivity index (χ1) is 27.1. The molecule has 290 valence electrons. The average molecular weight is 782 g/mol. The number of fused-ring (bicyclic) bond motifs is 7. The van der Waals surface area contributed by atoms with Crippen LogP contribution in [0.4, 0.5) is 18.9 Å². The van der Waals surface area contributed by atoms with Crippen molar-refractivity contribution in [1.82, 2.24) is 19.4 Å². The number of nitrogens with one attached hydrogen (secondary N) is 1. The summed E-state index contributed by atoms with van der Waals surface area (Å²) >= 11 is 6.22. The molecule has 0 bridgehead atoms. The SMILES string of the molecule is O=C(O)c1ccc2c(C3CCCCC3)c3n(c2c1)CCN(CCN1CCCCC1)c1c-3ccc2[nH]c(-c3cc(OC(F)(F)F)ccc3-c3ccc(Cl)cc3)nc12. The number of hydrogen-bond acceptors (Lipinski definition) is 5. The second-order valence-corrected chi connectivity index (χ2v) is 15.8. The van der Waals surface area contributed by atoms with Crippen LogP contribution in [0.15, 0.2) is 72.8 Å². The summed E-state index contributed by atoms with van der Waals surface area (Å²) in [6, 6.07) is 21.2. The highest BCUT2D eigenvalue weighted by Gasteiger charge is 2.34. The van der Waals surface area contributed by atoms with Crippen LogP contribution in [0, 0.1) is 0 Å². The number of halogens is 4. The third-order valence-electron chi connectivity index (χ3n) is 11.9. The Morgan fingerprint density at radius 3 is 2.34 bits per heavy atom.